The highest BCUT2D eigenvalue weighted by molar-refractivity contribution is 5.95. The second kappa shape index (κ2) is 16.1. The van der Waals surface area contributed by atoms with Crippen LogP contribution in [0.5, 0.6) is 0 Å². The van der Waals surface area contributed by atoms with E-state index in [2.05, 4.69) is 26.0 Å². The lowest BCUT2D eigenvalue weighted by atomic mass is 9.87. The summed E-state index contributed by atoms with van der Waals surface area (Å²) in [6.07, 6.45) is 21.2. The van der Waals surface area contributed by atoms with E-state index in [0.717, 1.165) is 38.5 Å². The van der Waals surface area contributed by atoms with Crippen molar-refractivity contribution in [3.63, 3.8) is 0 Å². The monoisotopic (exact) mass is 390 g/mol. The van der Waals surface area contributed by atoms with Crippen molar-refractivity contribution in [2.24, 2.45) is 5.92 Å². The first kappa shape index (κ1) is 24.2. The van der Waals surface area contributed by atoms with E-state index in [0.29, 0.717) is 12.0 Å². The molecule has 28 heavy (non-hydrogen) atoms. The second-order valence-corrected chi connectivity index (χ2v) is 7.31. The topological polar surface area (TPSA) is 52.6 Å². The van der Waals surface area contributed by atoms with E-state index in [1.807, 2.05) is 18.2 Å². The molecule has 0 amide bonds. The van der Waals surface area contributed by atoms with Crippen molar-refractivity contribution in [3.05, 3.63) is 36.0 Å². The molecule has 4 nitrogen and oxygen atoms in total. The van der Waals surface area contributed by atoms with Crippen molar-refractivity contribution in [1.82, 2.24) is 0 Å². The summed E-state index contributed by atoms with van der Waals surface area (Å²) in [6.45, 7) is 4.87. The average molecular weight is 391 g/mol. The summed E-state index contributed by atoms with van der Waals surface area (Å²) in [6, 6.07) is 0. The largest absolute Gasteiger partial charge is 0.461 e. The molecule has 0 saturated carbocycles. The van der Waals surface area contributed by atoms with Gasteiger partial charge in [-0.1, -0.05) is 69.9 Å². The number of unbranched alkanes of at least 4 members (excludes halogenated alkanes) is 6. The van der Waals surface area contributed by atoms with Crippen molar-refractivity contribution >= 4 is 11.9 Å². The summed E-state index contributed by atoms with van der Waals surface area (Å²) in [5.74, 6) is -1.21. The quantitative estimate of drug-likeness (QED) is 0.205. The van der Waals surface area contributed by atoms with E-state index in [1.165, 1.54) is 25.7 Å². The van der Waals surface area contributed by atoms with Crippen LogP contribution in [-0.2, 0) is 19.1 Å². The summed E-state index contributed by atoms with van der Waals surface area (Å²) in [4.78, 5) is 24.8. The summed E-state index contributed by atoms with van der Waals surface area (Å²) >= 11 is 0. The maximum absolute atomic E-state index is 12.4. The Morgan fingerprint density at radius 3 is 2.14 bits per heavy atom. The van der Waals surface area contributed by atoms with Crippen molar-refractivity contribution in [2.75, 3.05) is 13.2 Å². The zero-order valence-electron chi connectivity index (χ0n) is 17.8. The number of ether oxygens (including phenoxy) is 2. The molecule has 1 unspecified atom stereocenters. The lowest BCUT2D eigenvalue weighted by Crippen LogP contribution is -2.27. The van der Waals surface area contributed by atoms with Gasteiger partial charge >= 0.3 is 11.9 Å². The highest BCUT2D eigenvalue weighted by Gasteiger charge is 2.31. The van der Waals surface area contributed by atoms with Gasteiger partial charge in [-0.25, -0.2) is 4.79 Å². The number of carbonyl (C=O) groups is 2. The van der Waals surface area contributed by atoms with Crippen LogP contribution in [0.15, 0.2) is 36.0 Å². The van der Waals surface area contributed by atoms with Crippen LogP contribution in [0, 0.1) is 5.92 Å². The normalized spacial score (nSPS) is 17.1. The molecule has 0 aromatic heterocycles. The molecule has 1 aliphatic carbocycles. The Hall–Kier alpha value is -1.84. The van der Waals surface area contributed by atoms with Crippen molar-refractivity contribution in [3.8, 4) is 0 Å². The molecular weight excluding hydrogens is 352 g/mol. The Kier molecular flexibility index (Phi) is 14.0. The Morgan fingerprint density at radius 2 is 1.54 bits per heavy atom. The molecule has 158 valence electrons. The van der Waals surface area contributed by atoms with Gasteiger partial charge in [0.2, 0.25) is 0 Å². The Balaban J connectivity index is 2.37. The Bertz CT molecular complexity index is 531. The standard InChI is InChI=1S/C24H38O4/c1-3-5-7-9-11-15-19-27-23(25)21-17-13-14-18-22(21)24(26)28-20-16-12-10-8-6-4-2/h11-12,15-17,22H,3-10,13-14,18-20H2,1-2H3/b15-11+,16-12+. The highest BCUT2D eigenvalue weighted by Crippen LogP contribution is 2.27. The van der Waals surface area contributed by atoms with Crippen LogP contribution < -0.4 is 0 Å². The van der Waals surface area contributed by atoms with E-state index in [1.54, 1.807) is 0 Å². The van der Waals surface area contributed by atoms with Gasteiger partial charge in [0.15, 0.2) is 0 Å². The summed E-state index contributed by atoms with van der Waals surface area (Å²) in [5.41, 5.74) is 0.461. The molecule has 0 fully saturated rings. The fourth-order valence-corrected chi connectivity index (χ4v) is 3.18. The fourth-order valence-electron chi connectivity index (χ4n) is 3.18. The fraction of sp³-hybridized carbons (Fsp3) is 0.667. The molecule has 0 saturated heterocycles. The first-order chi connectivity index (χ1) is 13.7. The molecule has 0 aromatic rings. The van der Waals surface area contributed by atoms with Crippen LogP contribution in [-0.4, -0.2) is 25.2 Å². The number of rotatable bonds is 14. The van der Waals surface area contributed by atoms with Crippen LogP contribution in [0.25, 0.3) is 0 Å². The average Bonchev–Trinajstić information content (AvgIpc) is 2.72. The number of allylic oxidation sites excluding steroid dienone is 3. The van der Waals surface area contributed by atoms with Crippen LogP contribution in [0.2, 0.25) is 0 Å². The van der Waals surface area contributed by atoms with E-state index >= 15 is 0 Å². The molecule has 1 rings (SSSR count). The SMILES string of the molecule is CCCCC/C=C/COC(=O)C1=CCCCC1C(=O)OC/C=C/CCCCC. The van der Waals surface area contributed by atoms with Gasteiger partial charge in [0, 0.05) is 5.57 Å². The molecule has 0 N–H and O–H groups in total. The predicted octanol–water partition coefficient (Wildman–Crippen LogP) is 6.07. The maximum atomic E-state index is 12.4. The van der Waals surface area contributed by atoms with Gasteiger partial charge < -0.3 is 9.47 Å². The van der Waals surface area contributed by atoms with Gasteiger partial charge in [0.05, 0.1) is 5.92 Å². The number of hydrogen-bond acceptors (Lipinski definition) is 4. The molecule has 0 bridgehead atoms. The van der Waals surface area contributed by atoms with Gasteiger partial charge in [-0.3, -0.25) is 4.79 Å². The predicted molar refractivity (Wildman–Crippen MR) is 114 cm³/mol. The highest BCUT2D eigenvalue weighted by atomic mass is 16.5. The van der Waals surface area contributed by atoms with Crippen molar-refractivity contribution < 1.29 is 19.1 Å². The number of carbonyl (C=O) groups excluding carboxylic acids is 2. The minimum atomic E-state index is -0.497. The lowest BCUT2D eigenvalue weighted by molar-refractivity contribution is -0.149. The molecular formula is C24H38O4. The first-order valence-electron chi connectivity index (χ1n) is 11.0. The molecule has 0 heterocycles. The molecule has 0 radical (unpaired) electrons. The third kappa shape index (κ3) is 10.5. The van der Waals surface area contributed by atoms with E-state index in [4.69, 9.17) is 9.47 Å². The van der Waals surface area contributed by atoms with E-state index in [9.17, 15) is 9.59 Å². The molecule has 0 aromatic carbocycles. The molecule has 0 aliphatic heterocycles. The number of hydrogen-bond donors (Lipinski definition) is 0. The lowest BCUT2D eigenvalue weighted by Gasteiger charge is -2.21. The van der Waals surface area contributed by atoms with Crippen LogP contribution >= 0.6 is 0 Å². The molecule has 4 heteroatoms. The molecule has 0 spiro atoms. The van der Waals surface area contributed by atoms with Crippen molar-refractivity contribution in [2.45, 2.75) is 84.5 Å². The van der Waals surface area contributed by atoms with E-state index < -0.39 is 11.9 Å². The molecule has 1 aliphatic rings. The third-order valence-corrected chi connectivity index (χ3v) is 4.87. The summed E-state index contributed by atoms with van der Waals surface area (Å²) < 4.78 is 10.7. The van der Waals surface area contributed by atoms with Crippen molar-refractivity contribution in [1.29, 1.82) is 0 Å². The minimum absolute atomic E-state index is 0.255. The van der Waals surface area contributed by atoms with Crippen LogP contribution in [0.4, 0.5) is 0 Å². The van der Waals surface area contributed by atoms with Gasteiger partial charge in [-0.05, 0) is 44.9 Å². The zero-order valence-corrected chi connectivity index (χ0v) is 17.8. The third-order valence-electron chi connectivity index (χ3n) is 4.87. The summed E-state index contributed by atoms with van der Waals surface area (Å²) in [5, 5.41) is 0. The van der Waals surface area contributed by atoms with E-state index in [-0.39, 0.29) is 19.2 Å². The van der Waals surface area contributed by atoms with Gasteiger partial charge in [-0.15, -0.1) is 0 Å². The van der Waals surface area contributed by atoms with Gasteiger partial charge in [-0.2, -0.15) is 0 Å². The number of esters is 2. The summed E-state index contributed by atoms with van der Waals surface area (Å²) in [7, 11) is 0. The second-order valence-electron chi connectivity index (χ2n) is 7.31. The zero-order chi connectivity index (χ0) is 20.5. The maximum Gasteiger partial charge on any atom is 0.334 e. The Morgan fingerprint density at radius 1 is 0.929 bits per heavy atom. The van der Waals surface area contributed by atoms with Crippen LogP contribution in [0.3, 0.4) is 0 Å². The van der Waals surface area contributed by atoms with Gasteiger partial charge in [0.1, 0.15) is 13.2 Å². The Labute approximate surface area is 171 Å². The van der Waals surface area contributed by atoms with Gasteiger partial charge in [0.25, 0.3) is 0 Å². The smallest absolute Gasteiger partial charge is 0.334 e. The van der Waals surface area contributed by atoms with Crippen LogP contribution in [0.1, 0.15) is 84.5 Å². The minimum Gasteiger partial charge on any atom is -0.461 e. The first-order valence-corrected chi connectivity index (χ1v) is 11.0. The molecule has 1 atom stereocenters.